The lowest BCUT2D eigenvalue weighted by Gasteiger charge is -2.11. The lowest BCUT2D eigenvalue weighted by Crippen LogP contribution is -2.14. The van der Waals surface area contributed by atoms with E-state index in [0.29, 0.717) is 23.9 Å². The van der Waals surface area contributed by atoms with Crippen LogP contribution in [0.4, 0.5) is 5.69 Å². The van der Waals surface area contributed by atoms with Gasteiger partial charge in [-0.15, -0.1) is 0 Å². The topological polar surface area (TPSA) is 70.1 Å². The second kappa shape index (κ2) is 6.92. The van der Waals surface area contributed by atoms with Crippen molar-refractivity contribution in [3.8, 4) is 5.69 Å². The van der Waals surface area contributed by atoms with Crippen LogP contribution in [-0.2, 0) is 4.74 Å². The van der Waals surface area contributed by atoms with Crippen molar-refractivity contribution in [2.24, 2.45) is 5.92 Å². The smallest absolute Gasteiger partial charge is 0.358 e. The van der Waals surface area contributed by atoms with Crippen LogP contribution in [0.3, 0.4) is 0 Å². The van der Waals surface area contributed by atoms with Crippen molar-refractivity contribution >= 4 is 11.7 Å². The number of hydrogen-bond donors (Lipinski definition) is 1. The Balaban J connectivity index is 2.04. The molecule has 0 spiro atoms. The molecule has 0 aliphatic heterocycles. The molecule has 21 heavy (non-hydrogen) atoms. The zero-order valence-electron chi connectivity index (χ0n) is 12.5. The van der Waals surface area contributed by atoms with Crippen LogP contribution in [0, 0.1) is 5.92 Å². The van der Waals surface area contributed by atoms with Crippen molar-refractivity contribution in [2.75, 3.05) is 12.3 Å². The maximum atomic E-state index is 12.0. The molecule has 0 atom stereocenters. The summed E-state index contributed by atoms with van der Waals surface area (Å²) in [5.74, 6) is 0.0227. The first-order valence-electron chi connectivity index (χ1n) is 7.22. The summed E-state index contributed by atoms with van der Waals surface area (Å²) < 4.78 is 6.92. The van der Waals surface area contributed by atoms with Gasteiger partial charge >= 0.3 is 5.97 Å². The van der Waals surface area contributed by atoms with Gasteiger partial charge in [-0.2, -0.15) is 5.10 Å². The highest BCUT2D eigenvalue weighted by Gasteiger charge is 2.14. The molecule has 0 amide bonds. The van der Waals surface area contributed by atoms with Crippen molar-refractivity contribution in [1.29, 1.82) is 0 Å². The molecular weight excluding hydrogens is 266 g/mol. The fourth-order valence-electron chi connectivity index (χ4n) is 2.04. The number of benzene rings is 1. The molecule has 2 aromatic rings. The third-order valence-electron chi connectivity index (χ3n) is 3.54. The predicted molar refractivity (Wildman–Crippen MR) is 82.3 cm³/mol. The molecule has 0 radical (unpaired) electrons. The summed E-state index contributed by atoms with van der Waals surface area (Å²) in [7, 11) is 0. The molecule has 0 unspecified atom stereocenters. The molecule has 0 aliphatic rings. The van der Waals surface area contributed by atoms with Gasteiger partial charge in [0.1, 0.15) is 0 Å². The van der Waals surface area contributed by atoms with Gasteiger partial charge in [0.2, 0.25) is 0 Å². The summed E-state index contributed by atoms with van der Waals surface area (Å²) in [5, 5.41) is 4.24. The van der Waals surface area contributed by atoms with Crippen LogP contribution in [-0.4, -0.2) is 22.4 Å². The van der Waals surface area contributed by atoms with Crippen molar-refractivity contribution in [3.05, 3.63) is 42.2 Å². The SMILES string of the molecule is CCC(CC)COC(=O)c1ccn(-c2cccc(N)c2)n1. The molecule has 0 bridgehead atoms. The van der Waals surface area contributed by atoms with Gasteiger partial charge in [-0.1, -0.05) is 32.8 Å². The van der Waals surface area contributed by atoms with E-state index in [0.717, 1.165) is 18.5 Å². The number of anilines is 1. The Morgan fingerprint density at radius 2 is 2.10 bits per heavy atom. The van der Waals surface area contributed by atoms with E-state index < -0.39 is 0 Å². The summed E-state index contributed by atoms with van der Waals surface area (Å²) in [4.78, 5) is 12.0. The summed E-state index contributed by atoms with van der Waals surface area (Å²) >= 11 is 0. The van der Waals surface area contributed by atoms with Crippen LogP contribution >= 0.6 is 0 Å². The molecule has 0 saturated heterocycles. The lowest BCUT2D eigenvalue weighted by molar-refractivity contribution is 0.0426. The van der Waals surface area contributed by atoms with Crippen LogP contribution in [0.15, 0.2) is 36.5 Å². The maximum absolute atomic E-state index is 12.0. The highest BCUT2D eigenvalue weighted by Crippen LogP contribution is 2.13. The van der Waals surface area contributed by atoms with Gasteiger partial charge in [0.15, 0.2) is 5.69 Å². The van der Waals surface area contributed by atoms with Gasteiger partial charge < -0.3 is 10.5 Å². The quantitative estimate of drug-likeness (QED) is 0.655. The summed E-state index contributed by atoms with van der Waals surface area (Å²) in [6.45, 7) is 4.63. The lowest BCUT2D eigenvalue weighted by atomic mass is 10.1. The minimum absolute atomic E-state index is 0.309. The maximum Gasteiger partial charge on any atom is 0.358 e. The van der Waals surface area contributed by atoms with Crippen molar-refractivity contribution in [1.82, 2.24) is 9.78 Å². The van der Waals surface area contributed by atoms with Crippen LogP contribution < -0.4 is 5.73 Å². The molecule has 0 fully saturated rings. The molecule has 0 aliphatic carbocycles. The van der Waals surface area contributed by atoms with Crippen LogP contribution in [0.5, 0.6) is 0 Å². The van der Waals surface area contributed by atoms with Gasteiger partial charge in [-0.3, -0.25) is 0 Å². The second-order valence-corrected chi connectivity index (χ2v) is 5.02. The molecule has 112 valence electrons. The number of nitrogen functional groups attached to an aromatic ring is 1. The number of nitrogens with two attached hydrogens (primary N) is 1. The van der Waals surface area contributed by atoms with Gasteiger partial charge in [0.05, 0.1) is 12.3 Å². The minimum atomic E-state index is -0.385. The third kappa shape index (κ3) is 3.84. The Bertz CT molecular complexity index is 603. The summed E-state index contributed by atoms with van der Waals surface area (Å²) in [6.07, 6.45) is 3.73. The largest absolute Gasteiger partial charge is 0.461 e. The first kappa shape index (κ1) is 15.1. The normalized spacial score (nSPS) is 10.8. The Labute approximate surface area is 124 Å². The second-order valence-electron chi connectivity index (χ2n) is 5.02. The average molecular weight is 287 g/mol. The monoisotopic (exact) mass is 287 g/mol. The van der Waals surface area contributed by atoms with Gasteiger partial charge in [-0.05, 0) is 30.2 Å². The molecule has 5 nitrogen and oxygen atoms in total. The van der Waals surface area contributed by atoms with Crippen LogP contribution in [0.2, 0.25) is 0 Å². The van der Waals surface area contributed by atoms with E-state index in [9.17, 15) is 4.79 Å². The van der Waals surface area contributed by atoms with Crippen LogP contribution in [0.25, 0.3) is 5.69 Å². The number of aromatic nitrogens is 2. The Morgan fingerprint density at radius 3 is 2.76 bits per heavy atom. The Hall–Kier alpha value is -2.30. The predicted octanol–water partition coefficient (Wildman–Crippen LogP) is 3.05. The number of ether oxygens (including phenoxy) is 1. The number of carbonyl (C=O) groups excluding carboxylic acids is 1. The fourth-order valence-corrected chi connectivity index (χ4v) is 2.04. The van der Waals surface area contributed by atoms with E-state index in [4.69, 9.17) is 10.5 Å². The molecule has 0 saturated carbocycles. The average Bonchev–Trinajstić information content (AvgIpc) is 2.98. The van der Waals surface area contributed by atoms with E-state index >= 15 is 0 Å². The van der Waals surface area contributed by atoms with Gasteiger partial charge in [0.25, 0.3) is 0 Å². The number of esters is 1. The number of nitrogens with zero attached hydrogens (tertiary/aromatic N) is 2. The first-order valence-corrected chi connectivity index (χ1v) is 7.22. The van der Waals surface area contributed by atoms with Gasteiger partial charge in [-0.25, -0.2) is 9.48 Å². The fraction of sp³-hybridized carbons (Fsp3) is 0.375. The van der Waals surface area contributed by atoms with Gasteiger partial charge in [0, 0.05) is 11.9 Å². The van der Waals surface area contributed by atoms with Crippen molar-refractivity contribution in [2.45, 2.75) is 26.7 Å². The first-order chi connectivity index (χ1) is 10.1. The van der Waals surface area contributed by atoms with E-state index in [1.54, 1.807) is 29.1 Å². The third-order valence-corrected chi connectivity index (χ3v) is 3.54. The zero-order valence-corrected chi connectivity index (χ0v) is 12.5. The number of carbonyl (C=O) groups is 1. The minimum Gasteiger partial charge on any atom is -0.461 e. The zero-order chi connectivity index (χ0) is 15.2. The highest BCUT2D eigenvalue weighted by atomic mass is 16.5. The highest BCUT2D eigenvalue weighted by molar-refractivity contribution is 5.87. The van der Waals surface area contributed by atoms with E-state index in [1.165, 1.54) is 0 Å². The summed E-state index contributed by atoms with van der Waals surface area (Å²) in [6, 6.07) is 8.97. The number of rotatable bonds is 6. The molecule has 1 heterocycles. The summed E-state index contributed by atoms with van der Waals surface area (Å²) in [5.41, 5.74) is 7.52. The molecule has 5 heteroatoms. The van der Waals surface area contributed by atoms with E-state index in [-0.39, 0.29) is 5.97 Å². The molecule has 1 aromatic carbocycles. The van der Waals surface area contributed by atoms with Crippen molar-refractivity contribution < 1.29 is 9.53 Å². The number of hydrogen-bond acceptors (Lipinski definition) is 4. The molecule has 2 rings (SSSR count). The van der Waals surface area contributed by atoms with Crippen LogP contribution in [0.1, 0.15) is 37.2 Å². The van der Waals surface area contributed by atoms with Crippen molar-refractivity contribution in [3.63, 3.8) is 0 Å². The molecule has 2 N–H and O–H groups in total. The standard InChI is InChI=1S/C16H21N3O2/c1-3-12(4-2)11-21-16(20)15-8-9-19(18-15)14-7-5-6-13(17)10-14/h5-10,12H,3-4,11,17H2,1-2H3. The van der Waals surface area contributed by atoms with E-state index in [2.05, 4.69) is 18.9 Å². The Morgan fingerprint density at radius 1 is 1.33 bits per heavy atom. The molecular formula is C16H21N3O2. The van der Waals surface area contributed by atoms with E-state index in [1.807, 2.05) is 12.1 Å². The molecule has 1 aromatic heterocycles. The Kier molecular flexibility index (Phi) is 4.98.